The molecule has 0 radical (unpaired) electrons. The fourth-order valence-electron chi connectivity index (χ4n) is 4.67. The quantitative estimate of drug-likeness (QED) is 0.404. The Morgan fingerprint density at radius 1 is 1.00 bits per heavy atom. The second-order valence-corrected chi connectivity index (χ2v) is 8.26. The zero-order valence-corrected chi connectivity index (χ0v) is 17.9. The first kappa shape index (κ1) is 21.8. The van der Waals surface area contributed by atoms with Gasteiger partial charge in [-0.1, -0.05) is 17.7 Å². The summed E-state index contributed by atoms with van der Waals surface area (Å²) in [7, 11) is 0. The zero-order valence-electron chi connectivity index (χ0n) is 17.1. The van der Waals surface area contributed by atoms with E-state index in [1.165, 1.54) is 5.57 Å². The second kappa shape index (κ2) is 9.72. The number of fused-ring (bicyclic) bond motifs is 1. The number of likely N-dealkylation sites (tertiary alicyclic amines) is 1. The van der Waals surface area contributed by atoms with Gasteiger partial charge in [-0.2, -0.15) is 0 Å². The molecule has 4 rings (SSSR count). The van der Waals surface area contributed by atoms with Gasteiger partial charge in [-0.05, 0) is 51.3 Å². The Bertz CT molecular complexity index is 746. The van der Waals surface area contributed by atoms with Gasteiger partial charge in [-0.25, -0.2) is 4.98 Å². The smallest absolute Gasteiger partial charge is 0.233 e. The van der Waals surface area contributed by atoms with Crippen LogP contribution in [-0.2, 0) is 9.59 Å². The molecular formula is C22H31ClN4O2. The van der Waals surface area contributed by atoms with E-state index < -0.39 is 0 Å². The van der Waals surface area contributed by atoms with Crippen LogP contribution in [0.25, 0.3) is 0 Å². The van der Waals surface area contributed by atoms with E-state index in [1.807, 2.05) is 18.3 Å². The van der Waals surface area contributed by atoms with E-state index in [4.69, 9.17) is 0 Å². The molecule has 0 spiro atoms. The highest BCUT2D eigenvalue weighted by Crippen LogP contribution is 2.37. The molecule has 2 unspecified atom stereocenters. The molecule has 3 aliphatic rings. The van der Waals surface area contributed by atoms with E-state index in [0.29, 0.717) is 6.54 Å². The molecule has 1 aromatic heterocycles. The van der Waals surface area contributed by atoms with Gasteiger partial charge in [0.15, 0.2) is 0 Å². The molecule has 2 aliphatic heterocycles. The van der Waals surface area contributed by atoms with Crippen molar-refractivity contribution in [2.24, 2.45) is 11.8 Å². The Kier molecular flexibility index (Phi) is 7.30. The highest BCUT2D eigenvalue weighted by atomic mass is 35.5. The van der Waals surface area contributed by atoms with Crippen LogP contribution in [0.3, 0.4) is 0 Å². The Balaban J connectivity index is 0.00000240. The lowest BCUT2D eigenvalue weighted by Crippen LogP contribution is -2.47. The minimum absolute atomic E-state index is 0. The van der Waals surface area contributed by atoms with E-state index in [2.05, 4.69) is 33.8 Å². The Labute approximate surface area is 179 Å². The van der Waals surface area contributed by atoms with Crippen LogP contribution in [0.15, 0.2) is 36.0 Å². The molecule has 1 aromatic rings. The third-order valence-electron chi connectivity index (χ3n) is 6.37. The van der Waals surface area contributed by atoms with Crippen molar-refractivity contribution >= 4 is 30.0 Å². The van der Waals surface area contributed by atoms with Crippen molar-refractivity contribution in [2.45, 2.75) is 32.6 Å². The fraction of sp³-hybridized carbons (Fsp3) is 0.591. The van der Waals surface area contributed by atoms with Crippen molar-refractivity contribution in [3.8, 4) is 0 Å². The molecule has 2 saturated heterocycles. The standard InChI is InChI=1S/C22H30N4O2.ClH/c1-17-7-8-18-19(16-17)22(28)26(21(18)27)11-5-4-10-24-12-14-25(15-13-24)20-6-2-3-9-23-20;/h2-3,6-7,9,18-19H,4-5,8,10-16H2,1H3;1H. The Morgan fingerprint density at radius 2 is 1.72 bits per heavy atom. The van der Waals surface area contributed by atoms with Gasteiger partial charge in [-0.3, -0.25) is 19.4 Å². The normalized spacial score (nSPS) is 24.9. The molecule has 0 bridgehead atoms. The molecule has 2 atom stereocenters. The molecule has 0 aromatic carbocycles. The number of unbranched alkanes of at least 4 members (excludes halogenated alkanes) is 1. The number of anilines is 1. The van der Waals surface area contributed by atoms with E-state index in [1.54, 1.807) is 4.90 Å². The van der Waals surface area contributed by atoms with Crippen molar-refractivity contribution in [1.29, 1.82) is 0 Å². The van der Waals surface area contributed by atoms with Crippen molar-refractivity contribution in [3.05, 3.63) is 36.0 Å². The minimum Gasteiger partial charge on any atom is -0.354 e. The van der Waals surface area contributed by atoms with Gasteiger partial charge in [0.2, 0.25) is 11.8 Å². The predicted molar refractivity (Wildman–Crippen MR) is 116 cm³/mol. The number of rotatable bonds is 6. The van der Waals surface area contributed by atoms with Crippen LogP contribution < -0.4 is 4.90 Å². The molecule has 0 saturated carbocycles. The van der Waals surface area contributed by atoms with Gasteiger partial charge in [0.1, 0.15) is 5.82 Å². The first-order valence-corrected chi connectivity index (χ1v) is 10.5. The van der Waals surface area contributed by atoms with Gasteiger partial charge in [0.25, 0.3) is 0 Å². The molecule has 158 valence electrons. The number of hydrogen-bond donors (Lipinski definition) is 0. The summed E-state index contributed by atoms with van der Waals surface area (Å²) in [6.45, 7) is 7.73. The lowest BCUT2D eigenvalue weighted by atomic mass is 9.82. The van der Waals surface area contributed by atoms with Crippen LogP contribution in [0.4, 0.5) is 5.82 Å². The van der Waals surface area contributed by atoms with Gasteiger partial charge in [-0.15, -0.1) is 12.4 Å². The summed E-state index contributed by atoms with van der Waals surface area (Å²) in [6, 6.07) is 6.04. The second-order valence-electron chi connectivity index (χ2n) is 8.26. The maximum absolute atomic E-state index is 12.6. The highest BCUT2D eigenvalue weighted by molar-refractivity contribution is 6.05. The van der Waals surface area contributed by atoms with Crippen LogP contribution in [-0.4, -0.2) is 65.9 Å². The van der Waals surface area contributed by atoms with Gasteiger partial charge < -0.3 is 4.90 Å². The maximum Gasteiger partial charge on any atom is 0.233 e. The first-order valence-electron chi connectivity index (χ1n) is 10.5. The summed E-state index contributed by atoms with van der Waals surface area (Å²) in [5, 5.41) is 0. The van der Waals surface area contributed by atoms with Crippen LogP contribution in [0.1, 0.15) is 32.6 Å². The number of amides is 2. The average Bonchev–Trinajstić information content (AvgIpc) is 2.96. The monoisotopic (exact) mass is 418 g/mol. The lowest BCUT2D eigenvalue weighted by molar-refractivity contribution is -0.139. The van der Waals surface area contributed by atoms with Crippen LogP contribution in [0.5, 0.6) is 0 Å². The number of carbonyl (C=O) groups is 2. The SMILES string of the molecule is CC1=CCC2C(=O)N(CCCCN3CCN(c4ccccn4)CC3)C(=O)C2C1.Cl. The summed E-state index contributed by atoms with van der Waals surface area (Å²) in [5.74, 6) is 0.974. The summed E-state index contributed by atoms with van der Waals surface area (Å²) >= 11 is 0. The number of carbonyl (C=O) groups excluding carboxylic acids is 2. The molecular weight excluding hydrogens is 388 g/mol. The molecule has 29 heavy (non-hydrogen) atoms. The van der Waals surface area contributed by atoms with Gasteiger partial charge >= 0.3 is 0 Å². The highest BCUT2D eigenvalue weighted by Gasteiger charge is 2.47. The van der Waals surface area contributed by atoms with Crippen molar-refractivity contribution in [1.82, 2.24) is 14.8 Å². The van der Waals surface area contributed by atoms with Gasteiger partial charge in [0, 0.05) is 38.9 Å². The number of halogens is 1. The topological polar surface area (TPSA) is 56.8 Å². The summed E-state index contributed by atoms with van der Waals surface area (Å²) in [5.41, 5.74) is 1.24. The fourth-order valence-corrected chi connectivity index (χ4v) is 4.67. The van der Waals surface area contributed by atoms with E-state index >= 15 is 0 Å². The number of pyridine rings is 1. The number of piperazine rings is 1. The lowest BCUT2D eigenvalue weighted by Gasteiger charge is -2.35. The summed E-state index contributed by atoms with van der Waals surface area (Å²) in [4.78, 5) is 36.0. The van der Waals surface area contributed by atoms with Crippen LogP contribution in [0, 0.1) is 11.8 Å². The molecule has 3 heterocycles. The third kappa shape index (κ3) is 4.81. The molecule has 0 N–H and O–H groups in total. The summed E-state index contributed by atoms with van der Waals surface area (Å²) < 4.78 is 0. The minimum atomic E-state index is -0.101. The average molecular weight is 419 g/mol. The first-order chi connectivity index (χ1) is 13.6. The zero-order chi connectivity index (χ0) is 19.5. The molecule has 1 aliphatic carbocycles. The Morgan fingerprint density at radius 3 is 2.45 bits per heavy atom. The molecule has 7 heteroatoms. The van der Waals surface area contributed by atoms with E-state index in [0.717, 1.165) is 64.2 Å². The van der Waals surface area contributed by atoms with Crippen molar-refractivity contribution < 1.29 is 9.59 Å². The third-order valence-corrected chi connectivity index (χ3v) is 6.37. The number of aromatic nitrogens is 1. The molecule has 2 fully saturated rings. The maximum atomic E-state index is 12.6. The summed E-state index contributed by atoms with van der Waals surface area (Å²) in [6.07, 6.45) is 7.37. The van der Waals surface area contributed by atoms with E-state index in [-0.39, 0.29) is 36.1 Å². The van der Waals surface area contributed by atoms with Crippen molar-refractivity contribution in [3.63, 3.8) is 0 Å². The van der Waals surface area contributed by atoms with E-state index in [9.17, 15) is 9.59 Å². The number of allylic oxidation sites excluding steroid dienone is 2. The largest absolute Gasteiger partial charge is 0.354 e. The predicted octanol–water partition coefficient (Wildman–Crippen LogP) is 2.75. The Hall–Kier alpha value is -1.92. The van der Waals surface area contributed by atoms with Crippen molar-refractivity contribution in [2.75, 3.05) is 44.2 Å². The molecule has 6 nitrogen and oxygen atoms in total. The number of imide groups is 1. The van der Waals surface area contributed by atoms with Gasteiger partial charge in [0.05, 0.1) is 11.8 Å². The van der Waals surface area contributed by atoms with Crippen LogP contribution in [0.2, 0.25) is 0 Å². The van der Waals surface area contributed by atoms with Crippen LogP contribution >= 0.6 is 12.4 Å². The number of nitrogens with zero attached hydrogens (tertiary/aromatic N) is 4. The number of hydrogen-bond acceptors (Lipinski definition) is 5. The molecule has 2 amide bonds.